The van der Waals surface area contributed by atoms with Gasteiger partial charge in [0.15, 0.2) is 0 Å². The summed E-state index contributed by atoms with van der Waals surface area (Å²) in [6, 6.07) is 3.59. The smallest absolute Gasteiger partial charge is 0.335 e. The topological polar surface area (TPSA) is 75.1 Å². The average molecular weight is 271 g/mol. The molecule has 2 aromatic rings. The van der Waals surface area contributed by atoms with Crippen LogP contribution in [-0.4, -0.2) is 14.7 Å². The Bertz CT molecular complexity index is 736. The quantitative estimate of drug-likeness (QED) is 0.821. The minimum absolute atomic E-state index is 0.0371. The number of aromatic amines is 1. The molecule has 0 radical (unpaired) electrons. The molecule has 5 nitrogen and oxygen atoms in total. The summed E-state index contributed by atoms with van der Waals surface area (Å²) >= 11 is 5.52. The monoisotopic (exact) mass is 270 g/mol. The first-order valence-electron chi connectivity index (χ1n) is 4.92. The van der Waals surface area contributed by atoms with E-state index in [0.717, 1.165) is 10.6 Å². The number of nitrogens with zero attached hydrogens (tertiary/aromatic N) is 1. The van der Waals surface area contributed by atoms with Gasteiger partial charge >= 0.3 is 5.69 Å². The number of H-pyrrole nitrogens is 1. The zero-order valence-electron chi connectivity index (χ0n) is 9.20. The van der Waals surface area contributed by atoms with E-state index in [1.807, 2.05) is 4.98 Å². The van der Waals surface area contributed by atoms with Gasteiger partial charge in [0, 0.05) is 0 Å². The highest BCUT2D eigenvalue weighted by molar-refractivity contribution is 6.30. The van der Waals surface area contributed by atoms with E-state index in [0.29, 0.717) is 0 Å². The molecule has 0 spiro atoms. The maximum Gasteiger partial charge on any atom is 0.335 e. The molecule has 0 fully saturated rings. The normalized spacial score (nSPS) is 10.6. The predicted octanol–water partition coefficient (Wildman–Crippen LogP) is 1.33. The molecule has 18 heavy (non-hydrogen) atoms. The highest BCUT2D eigenvalue weighted by Gasteiger charge is 2.13. The summed E-state index contributed by atoms with van der Waals surface area (Å²) in [6.45, 7) is 1.34. The Morgan fingerprint density at radius 2 is 2.06 bits per heavy atom. The van der Waals surface area contributed by atoms with Crippen LogP contribution < -0.4 is 11.2 Å². The molecule has 0 amide bonds. The molecule has 0 atom stereocenters. The second kappa shape index (κ2) is 4.30. The van der Waals surface area contributed by atoms with Gasteiger partial charge in [-0.05, 0) is 25.1 Å². The van der Waals surface area contributed by atoms with Gasteiger partial charge in [0.05, 0.1) is 16.3 Å². The van der Waals surface area contributed by atoms with Crippen molar-refractivity contribution in [3.05, 3.63) is 55.4 Å². The average Bonchev–Trinajstić information content (AvgIpc) is 2.31. The van der Waals surface area contributed by atoms with Crippen molar-refractivity contribution < 1.29 is 9.50 Å². The van der Waals surface area contributed by atoms with Crippen LogP contribution in [0.4, 0.5) is 4.39 Å². The van der Waals surface area contributed by atoms with Gasteiger partial charge in [-0.3, -0.25) is 9.78 Å². The maximum atomic E-state index is 13.3. The lowest BCUT2D eigenvalue weighted by Crippen LogP contribution is -2.30. The lowest BCUT2D eigenvalue weighted by molar-refractivity contribution is 0.426. The number of nitrogens with one attached hydrogen (secondary N) is 1. The third kappa shape index (κ3) is 1.91. The molecule has 0 aliphatic heterocycles. The summed E-state index contributed by atoms with van der Waals surface area (Å²) in [5.41, 5.74) is -1.52. The fourth-order valence-corrected chi connectivity index (χ4v) is 1.59. The van der Waals surface area contributed by atoms with E-state index in [4.69, 9.17) is 11.6 Å². The Kier molecular flexibility index (Phi) is 2.96. The van der Waals surface area contributed by atoms with Crippen LogP contribution in [0, 0.1) is 12.7 Å². The van der Waals surface area contributed by atoms with Crippen molar-refractivity contribution in [3.63, 3.8) is 0 Å². The van der Waals surface area contributed by atoms with Gasteiger partial charge in [-0.15, -0.1) is 0 Å². The van der Waals surface area contributed by atoms with E-state index in [9.17, 15) is 19.1 Å². The molecule has 0 saturated carbocycles. The molecule has 7 heteroatoms. The molecule has 1 aromatic heterocycles. The van der Waals surface area contributed by atoms with Crippen molar-refractivity contribution in [2.24, 2.45) is 0 Å². The Labute approximate surface area is 105 Å². The van der Waals surface area contributed by atoms with Crippen LogP contribution in [0.3, 0.4) is 0 Å². The Balaban J connectivity index is 2.79. The van der Waals surface area contributed by atoms with Crippen molar-refractivity contribution in [1.29, 1.82) is 0 Å². The Morgan fingerprint density at radius 3 is 2.67 bits per heavy atom. The number of hydrogen-bond donors (Lipinski definition) is 2. The van der Waals surface area contributed by atoms with Gasteiger partial charge in [0.25, 0.3) is 5.56 Å². The van der Waals surface area contributed by atoms with Crippen LogP contribution in [-0.2, 0) is 0 Å². The van der Waals surface area contributed by atoms with Crippen LogP contribution in [0.2, 0.25) is 5.02 Å². The summed E-state index contributed by atoms with van der Waals surface area (Å²) < 4.78 is 14.1. The summed E-state index contributed by atoms with van der Waals surface area (Å²) in [4.78, 5) is 24.9. The molecule has 0 bridgehead atoms. The minimum Gasteiger partial charge on any atom is -0.494 e. The number of aromatic nitrogens is 2. The molecular weight excluding hydrogens is 263 g/mol. The number of halogens is 2. The fourth-order valence-electron chi connectivity index (χ4n) is 1.48. The highest BCUT2D eigenvalue weighted by Crippen LogP contribution is 2.20. The molecule has 1 heterocycles. The Hall–Kier alpha value is -2.08. The molecular formula is C11H8ClFN2O3. The molecule has 0 aliphatic carbocycles. The number of rotatable bonds is 1. The fraction of sp³-hybridized carbons (Fsp3) is 0.0909. The maximum absolute atomic E-state index is 13.3. The van der Waals surface area contributed by atoms with Gasteiger partial charge in [-0.25, -0.2) is 13.8 Å². The van der Waals surface area contributed by atoms with Crippen molar-refractivity contribution in [2.45, 2.75) is 6.92 Å². The highest BCUT2D eigenvalue weighted by atomic mass is 35.5. The second-order valence-corrected chi connectivity index (χ2v) is 4.05. The van der Waals surface area contributed by atoms with E-state index in [2.05, 4.69) is 0 Å². The first-order chi connectivity index (χ1) is 8.41. The van der Waals surface area contributed by atoms with Crippen molar-refractivity contribution in [3.8, 4) is 11.6 Å². The molecule has 2 N–H and O–H groups in total. The van der Waals surface area contributed by atoms with Gasteiger partial charge in [-0.2, -0.15) is 0 Å². The minimum atomic E-state index is -0.857. The summed E-state index contributed by atoms with van der Waals surface area (Å²) in [6.07, 6.45) is 0. The lowest BCUT2D eigenvalue weighted by Gasteiger charge is -2.09. The summed E-state index contributed by atoms with van der Waals surface area (Å²) in [7, 11) is 0. The molecule has 0 aliphatic rings. The standard InChI is InChI=1S/C11H8ClFN2O3/c1-5-9(16)14-11(18)15(10(5)17)6-2-3-7(12)8(13)4-6/h2-4,17H,1H3,(H,14,16,18). The van der Waals surface area contributed by atoms with Crippen LogP contribution in [0.15, 0.2) is 27.8 Å². The molecule has 94 valence electrons. The molecule has 0 unspecified atom stereocenters. The van der Waals surface area contributed by atoms with Gasteiger partial charge in [0.1, 0.15) is 5.82 Å². The third-order valence-corrected chi connectivity index (χ3v) is 2.78. The second-order valence-electron chi connectivity index (χ2n) is 3.64. The van der Waals surface area contributed by atoms with Crippen LogP contribution in [0.5, 0.6) is 5.88 Å². The molecule has 1 aromatic carbocycles. The number of hydrogen-bond acceptors (Lipinski definition) is 3. The lowest BCUT2D eigenvalue weighted by atomic mass is 10.3. The first kappa shape index (κ1) is 12.4. The zero-order chi connectivity index (χ0) is 13.4. The van der Waals surface area contributed by atoms with Gasteiger partial charge in [0.2, 0.25) is 5.88 Å². The van der Waals surface area contributed by atoms with Gasteiger partial charge < -0.3 is 5.11 Å². The van der Waals surface area contributed by atoms with E-state index in [-0.39, 0.29) is 16.3 Å². The zero-order valence-corrected chi connectivity index (χ0v) is 9.95. The van der Waals surface area contributed by atoms with Crippen molar-refractivity contribution in [1.82, 2.24) is 9.55 Å². The van der Waals surface area contributed by atoms with E-state index in [1.165, 1.54) is 19.1 Å². The SMILES string of the molecule is Cc1c(O)n(-c2ccc(Cl)c(F)c2)c(=O)[nH]c1=O. The van der Waals surface area contributed by atoms with E-state index < -0.39 is 22.9 Å². The molecule has 0 saturated heterocycles. The van der Waals surface area contributed by atoms with Crippen LogP contribution in [0.1, 0.15) is 5.56 Å². The van der Waals surface area contributed by atoms with Crippen LogP contribution >= 0.6 is 11.6 Å². The predicted molar refractivity (Wildman–Crippen MR) is 64.0 cm³/mol. The van der Waals surface area contributed by atoms with Gasteiger partial charge in [-0.1, -0.05) is 11.6 Å². The molecule has 2 rings (SSSR count). The summed E-state index contributed by atoms with van der Waals surface area (Å²) in [5.74, 6) is -1.27. The van der Waals surface area contributed by atoms with Crippen molar-refractivity contribution >= 4 is 11.6 Å². The van der Waals surface area contributed by atoms with Crippen LogP contribution in [0.25, 0.3) is 5.69 Å². The van der Waals surface area contributed by atoms with E-state index in [1.54, 1.807) is 0 Å². The number of benzene rings is 1. The largest absolute Gasteiger partial charge is 0.494 e. The number of aromatic hydroxyl groups is 1. The first-order valence-corrected chi connectivity index (χ1v) is 5.30. The van der Waals surface area contributed by atoms with E-state index >= 15 is 0 Å². The third-order valence-electron chi connectivity index (χ3n) is 2.47. The Morgan fingerprint density at radius 1 is 1.39 bits per heavy atom. The summed E-state index contributed by atoms with van der Waals surface area (Å²) in [5, 5.41) is 9.66. The van der Waals surface area contributed by atoms with Crippen molar-refractivity contribution in [2.75, 3.05) is 0 Å².